The van der Waals surface area contributed by atoms with Gasteiger partial charge in [-0.05, 0) is 18.9 Å². The highest BCUT2D eigenvalue weighted by Crippen LogP contribution is 2.38. The summed E-state index contributed by atoms with van der Waals surface area (Å²) in [6, 6.07) is 14.3. The molecule has 9 nitrogen and oxygen atoms in total. The maximum Gasteiger partial charge on any atom is 0.439 e. The molecule has 2 aliphatic rings. The number of ether oxygens (including phenoxy) is 2. The Morgan fingerprint density at radius 3 is 2.53 bits per heavy atom. The third-order valence-corrected chi connectivity index (χ3v) is 7.05. The van der Waals surface area contributed by atoms with Crippen molar-refractivity contribution in [2.45, 2.75) is 36.5 Å². The van der Waals surface area contributed by atoms with E-state index in [4.69, 9.17) is 20.3 Å². The van der Waals surface area contributed by atoms with E-state index in [-0.39, 0.29) is 0 Å². The molecule has 2 unspecified atom stereocenters. The number of nitrogens with one attached hydrogen (secondary N) is 4. The third kappa shape index (κ3) is 6.40. The van der Waals surface area contributed by atoms with Crippen molar-refractivity contribution < 1.29 is 27.4 Å². The Labute approximate surface area is 220 Å². The number of hydrogen-bond acceptors (Lipinski definition) is 8. The van der Waals surface area contributed by atoms with Gasteiger partial charge >= 0.3 is 6.18 Å². The van der Waals surface area contributed by atoms with Crippen molar-refractivity contribution in [2.75, 3.05) is 19.0 Å². The van der Waals surface area contributed by atoms with Crippen molar-refractivity contribution >= 4 is 46.0 Å². The summed E-state index contributed by atoms with van der Waals surface area (Å²) in [7, 11) is 1.49. The Morgan fingerprint density at radius 2 is 1.82 bits per heavy atom. The maximum atomic E-state index is 13.3. The first kappa shape index (κ1) is 27.3. The highest BCUT2D eigenvalue weighted by Gasteiger charge is 2.46. The lowest BCUT2D eigenvalue weighted by atomic mass is 10.0. The fourth-order valence-corrected chi connectivity index (χ4v) is 5.16. The van der Waals surface area contributed by atoms with Crippen LogP contribution in [-0.2, 0) is 14.3 Å². The van der Waals surface area contributed by atoms with Gasteiger partial charge in [-0.15, -0.1) is 0 Å². The molecule has 2 aliphatic heterocycles. The van der Waals surface area contributed by atoms with Crippen LogP contribution in [-0.4, -0.2) is 65.9 Å². The number of amides is 1. The number of nitrogens with zero attached hydrogens (tertiary/aromatic N) is 2. The molecular formula is C25H25F3N6O3S. The summed E-state index contributed by atoms with van der Waals surface area (Å²) >= 11 is 0.533. The minimum atomic E-state index is -4.65. The van der Waals surface area contributed by atoms with E-state index in [1.807, 2.05) is 36.4 Å². The minimum absolute atomic E-state index is 0.298. The van der Waals surface area contributed by atoms with Crippen molar-refractivity contribution in [3.05, 3.63) is 65.7 Å². The van der Waals surface area contributed by atoms with Gasteiger partial charge in [-0.1, -0.05) is 60.3 Å². The van der Waals surface area contributed by atoms with E-state index in [9.17, 15) is 18.0 Å². The first-order valence-corrected chi connectivity index (χ1v) is 12.5. The van der Waals surface area contributed by atoms with Crippen molar-refractivity contribution in [1.82, 2.24) is 5.32 Å². The van der Waals surface area contributed by atoms with Gasteiger partial charge in [0.05, 0.1) is 11.4 Å². The van der Waals surface area contributed by atoms with Crippen LogP contribution in [0.1, 0.15) is 24.0 Å². The molecule has 3 atom stereocenters. The van der Waals surface area contributed by atoms with E-state index in [0.717, 1.165) is 5.56 Å². The number of aliphatic imine (C=N–C) groups is 2. The van der Waals surface area contributed by atoms with Gasteiger partial charge in [-0.3, -0.25) is 20.6 Å². The molecule has 0 fully saturated rings. The second kappa shape index (κ2) is 11.8. The number of thioether (sulfide) groups is 1. The van der Waals surface area contributed by atoms with Crippen LogP contribution in [0.2, 0.25) is 0 Å². The first-order chi connectivity index (χ1) is 18.2. The Kier molecular flexibility index (Phi) is 8.47. The number of halogens is 3. The average Bonchev–Trinajstić information content (AvgIpc) is 3.27. The Bertz CT molecular complexity index is 1270. The normalized spacial score (nSPS) is 20.9. The number of amidine groups is 1. The number of hydrogen-bond donors (Lipinski definition) is 4. The van der Waals surface area contributed by atoms with Gasteiger partial charge < -0.3 is 20.1 Å². The van der Waals surface area contributed by atoms with E-state index >= 15 is 0 Å². The molecule has 4 rings (SSSR count). The quantitative estimate of drug-likeness (QED) is 0.235. The molecule has 38 heavy (non-hydrogen) atoms. The molecule has 2 aromatic rings. The molecular weight excluding hydrogens is 521 g/mol. The van der Waals surface area contributed by atoms with Gasteiger partial charge in [0.2, 0.25) is 12.1 Å². The van der Waals surface area contributed by atoms with Crippen molar-refractivity contribution in [3.8, 4) is 0 Å². The summed E-state index contributed by atoms with van der Waals surface area (Å²) in [6.45, 7) is 0.345. The molecule has 2 aromatic carbocycles. The van der Waals surface area contributed by atoms with E-state index in [1.54, 1.807) is 18.2 Å². The van der Waals surface area contributed by atoms with E-state index in [0.29, 0.717) is 48.2 Å². The smallest absolute Gasteiger partial charge is 0.409 e. The predicted molar refractivity (Wildman–Crippen MR) is 140 cm³/mol. The topological polar surface area (TPSA) is 132 Å². The fraction of sp³-hybridized carbons (Fsp3) is 0.320. The Morgan fingerprint density at radius 1 is 1.11 bits per heavy atom. The predicted octanol–water partition coefficient (Wildman–Crippen LogP) is 4.19. The largest absolute Gasteiger partial charge is 0.439 e. The minimum Gasteiger partial charge on any atom is -0.409 e. The average molecular weight is 547 g/mol. The molecule has 2 heterocycles. The SMILES string of the molecule is COCCCC1SC(C(F)(F)F)=NC1C(=N)OC(=N)N[C@H]1N=C(c2ccccc2)c2ccccc2NC1=O. The summed E-state index contributed by atoms with van der Waals surface area (Å²) in [5.41, 5.74) is 2.43. The van der Waals surface area contributed by atoms with Gasteiger partial charge in [0.1, 0.15) is 6.04 Å². The summed E-state index contributed by atoms with van der Waals surface area (Å²) in [4.78, 5) is 21.1. The highest BCUT2D eigenvalue weighted by atomic mass is 32.2. The molecule has 13 heteroatoms. The zero-order valence-corrected chi connectivity index (χ0v) is 21.0. The Hall–Kier alpha value is -3.71. The molecule has 0 radical (unpaired) electrons. The molecule has 0 saturated carbocycles. The molecule has 0 aromatic heterocycles. The van der Waals surface area contributed by atoms with Gasteiger partial charge in [0.25, 0.3) is 11.9 Å². The number of para-hydroxylation sites is 1. The van der Waals surface area contributed by atoms with Gasteiger partial charge in [0.15, 0.2) is 5.04 Å². The number of methoxy groups -OCH3 is 1. The number of benzodiazepines with no additional fused rings is 1. The van der Waals surface area contributed by atoms with E-state index in [2.05, 4.69) is 20.6 Å². The van der Waals surface area contributed by atoms with Crippen molar-refractivity contribution in [3.63, 3.8) is 0 Å². The van der Waals surface area contributed by atoms with E-state index < -0.39 is 46.5 Å². The first-order valence-electron chi connectivity index (χ1n) is 11.6. The number of anilines is 1. The fourth-order valence-electron chi connectivity index (χ4n) is 3.97. The van der Waals surface area contributed by atoms with Gasteiger partial charge in [-0.2, -0.15) is 13.2 Å². The summed E-state index contributed by atoms with van der Waals surface area (Å²) < 4.78 is 50.1. The van der Waals surface area contributed by atoms with Crippen LogP contribution in [0.4, 0.5) is 18.9 Å². The van der Waals surface area contributed by atoms with Gasteiger partial charge in [-0.25, -0.2) is 4.99 Å². The van der Waals surface area contributed by atoms with Crippen molar-refractivity contribution in [2.24, 2.45) is 9.98 Å². The maximum absolute atomic E-state index is 13.3. The molecule has 0 saturated heterocycles. The lowest BCUT2D eigenvalue weighted by Crippen LogP contribution is -2.44. The molecule has 200 valence electrons. The number of alkyl halides is 3. The van der Waals surface area contributed by atoms with Crippen LogP contribution in [0.3, 0.4) is 0 Å². The molecule has 1 amide bonds. The molecule has 0 aliphatic carbocycles. The van der Waals surface area contributed by atoms with Crippen LogP contribution in [0.25, 0.3) is 0 Å². The number of benzene rings is 2. The standard InChI is InChI=1S/C25H25F3N6O3S/c1-36-13-7-12-17-19(33-23(38-17)25(26,27)28)20(29)37-24(30)34-21-22(35)31-16-11-6-5-10-15(16)18(32-21)14-8-3-2-4-9-14/h2-6,8-11,17,19,21,29H,7,12-13H2,1H3,(H2,30,34)(H,31,35)/t17?,19?,21-/m1/s1. The number of carbonyl (C=O) groups excluding carboxylic acids is 1. The second-order valence-corrected chi connectivity index (χ2v) is 9.62. The number of fused-ring (bicyclic) bond motifs is 1. The molecule has 4 N–H and O–H groups in total. The molecule has 0 spiro atoms. The third-order valence-electron chi connectivity index (χ3n) is 5.69. The van der Waals surface area contributed by atoms with Crippen LogP contribution >= 0.6 is 11.8 Å². The van der Waals surface area contributed by atoms with Crippen molar-refractivity contribution in [1.29, 1.82) is 10.8 Å². The molecule has 0 bridgehead atoms. The Balaban J connectivity index is 1.52. The summed E-state index contributed by atoms with van der Waals surface area (Å²) in [5, 5.41) is 20.0. The lowest BCUT2D eigenvalue weighted by Gasteiger charge is -2.20. The number of carbonyl (C=O) groups is 1. The summed E-state index contributed by atoms with van der Waals surface area (Å²) in [6.07, 6.45) is -5.19. The second-order valence-electron chi connectivity index (χ2n) is 8.39. The lowest BCUT2D eigenvalue weighted by molar-refractivity contribution is -0.117. The van der Waals surface area contributed by atoms with E-state index in [1.165, 1.54) is 7.11 Å². The monoisotopic (exact) mass is 546 g/mol. The zero-order valence-electron chi connectivity index (χ0n) is 20.2. The van der Waals surface area contributed by atoms with Crippen LogP contribution in [0.15, 0.2) is 64.6 Å². The number of rotatable bonds is 7. The highest BCUT2D eigenvalue weighted by molar-refractivity contribution is 8.15. The van der Waals surface area contributed by atoms with Gasteiger partial charge in [0, 0.05) is 30.1 Å². The van der Waals surface area contributed by atoms with Crippen LogP contribution in [0, 0.1) is 10.8 Å². The zero-order chi connectivity index (χ0) is 27.3. The van der Waals surface area contributed by atoms with Crippen LogP contribution < -0.4 is 10.6 Å². The summed E-state index contributed by atoms with van der Waals surface area (Å²) in [5.74, 6) is -1.21. The van der Waals surface area contributed by atoms with Crippen LogP contribution in [0.5, 0.6) is 0 Å².